The Hall–Kier alpha value is -2.79. The minimum Gasteiger partial charge on any atom is -0.350 e. The van der Waals surface area contributed by atoms with Crippen LogP contribution in [0.15, 0.2) is 18.5 Å². The highest BCUT2D eigenvalue weighted by molar-refractivity contribution is 5.81. The van der Waals surface area contributed by atoms with Gasteiger partial charge < -0.3 is 10.6 Å². The maximum absolute atomic E-state index is 12.8. The first-order valence-corrected chi connectivity index (χ1v) is 9.83. The minimum absolute atomic E-state index is 0.0264. The minimum atomic E-state index is -4.36. The van der Waals surface area contributed by atoms with E-state index in [-0.39, 0.29) is 50.6 Å². The number of hydrogen-bond acceptors (Lipinski definition) is 4. The van der Waals surface area contributed by atoms with E-state index in [9.17, 15) is 31.5 Å². The number of imidazole rings is 1. The molecule has 4 rings (SSSR count). The van der Waals surface area contributed by atoms with Crippen molar-refractivity contribution in [3.8, 4) is 0 Å². The van der Waals surface area contributed by atoms with Crippen molar-refractivity contribution in [1.29, 1.82) is 0 Å². The summed E-state index contributed by atoms with van der Waals surface area (Å²) in [4.78, 5) is 32.2. The summed E-state index contributed by atoms with van der Waals surface area (Å²) in [7, 11) is 0. The Morgan fingerprint density at radius 1 is 1.13 bits per heavy atom. The van der Waals surface area contributed by atoms with Gasteiger partial charge in [-0.05, 0) is 18.4 Å². The highest BCUT2D eigenvalue weighted by Gasteiger charge is 2.58. The van der Waals surface area contributed by atoms with E-state index < -0.39 is 29.8 Å². The van der Waals surface area contributed by atoms with Crippen LogP contribution in [0.3, 0.4) is 0 Å². The lowest BCUT2D eigenvalue weighted by molar-refractivity contribution is -0.154. The largest absolute Gasteiger partial charge is 0.392 e. The van der Waals surface area contributed by atoms with Gasteiger partial charge in [0.1, 0.15) is 0 Å². The zero-order valence-electron chi connectivity index (χ0n) is 16.3. The van der Waals surface area contributed by atoms with Gasteiger partial charge in [-0.3, -0.25) is 14.0 Å². The van der Waals surface area contributed by atoms with Gasteiger partial charge in [-0.1, -0.05) is 0 Å². The van der Waals surface area contributed by atoms with Gasteiger partial charge in [-0.15, -0.1) is 0 Å². The summed E-state index contributed by atoms with van der Waals surface area (Å²) < 4.78 is 64.9. The van der Waals surface area contributed by atoms with Crippen LogP contribution in [0.5, 0.6) is 0 Å². The average molecular weight is 445 g/mol. The van der Waals surface area contributed by atoms with Gasteiger partial charge in [0.2, 0.25) is 23.5 Å². The summed E-state index contributed by atoms with van der Waals surface area (Å²) in [6.45, 7) is 0.0826. The first-order valence-electron chi connectivity index (χ1n) is 9.83. The number of fused-ring (bicyclic) bond motifs is 1. The van der Waals surface area contributed by atoms with Crippen LogP contribution >= 0.6 is 0 Å². The lowest BCUT2D eigenvalue weighted by Gasteiger charge is -2.34. The monoisotopic (exact) mass is 445 g/mol. The molecule has 0 aliphatic heterocycles. The Morgan fingerprint density at radius 2 is 1.81 bits per heavy atom. The fraction of sp³-hybridized carbons (Fsp3) is 0.579. The first kappa shape index (κ1) is 21.4. The van der Waals surface area contributed by atoms with E-state index in [2.05, 4.69) is 20.6 Å². The highest BCUT2D eigenvalue weighted by atomic mass is 19.4. The number of carbonyl (C=O) groups is 2. The van der Waals surface area contributed by atoms with Crippen molar-refractivity contribution in [1.82, 2.24) is 25.0 Å². The fourth-order valence-corrected chi connectivity index (χ4v) is 3.75. The normalized spacial score (nSPS) is 22.7. The van der Waals surface area contributed by atoms with Gasteiger partial charge in [0, 0.05) is 31.7 Å². The molecule has 7 nitrogen and oxygen atoms in total. The van der Waals surface area contributed by atoms with E-state index in [1.165, 1.54) is 0 Å². The molecule has 2 aromatic rings. The van der Waals surface area contributed by atoms with E-state index in [1.54, 1.807) is 22.9 Å². The predicted molar refractivity (Wildman–Crippen MR) is 96.6 cm³/mol. The zero-order valence-corrected chi connectivity index (χ0v) is 16.3. The SMILES string of the molecule is O=C(CC1CC(F)(F)C1)NCc1ccn2cc(CNC(=O)C3CC3C(F)(F)F)nc2n1. The van der Waals surface area contributed by atoms with E-state index >= 15 is 0 Å². The van der Waals surface area contributed by atoms with Crippen LogP contribution in [0.4, 0.5) is 22.0 Å². The van der Waals surface area contributed by atoms with Crippen molar-refractivity contribution in [2.24, 2.45) is 17.8 Å². The molecular formula is C19H20F5N5O2. The fourth-order valence-electron chi connectivity index (χ4n) is 3.75. The van der Waals surface area contributed by atoms with Gasteiger partial charge in [0.05, 0.1) is 36.3 Å². The molecule has 2 aliphatic rings. The van der Waals surface area contributed by atoms with Crippen molar-refractivity contribution in [2.75, 3.05) is 0 Å². The summed E-state index contributed by atoms with van der Waals surface area (Å²) in [5.41, 5.74) is 0.934. The second-order valence-corrected chi connectivity index (χ2v) is 8.18. The number of amides is 2. The molecule has 2 saturated carbocycles. The molecule has 0 spiro atoms. The second-order valence-electron chi connectivity index (χ2n) is 8.18. The van der Waals surface area contributed by atoms with Crippen LogP contribution in [0.1, 0.15) is 37.1 Å². The number of hydrogen-bond donors (Lipinski definition) is 2. The second kappa shape index (κ2) is 7.72. The zero-order chi connectivity index (χ0) is 22.4. The van der Waals surface area contributed by atoms with Crippen molar-refractivity contribution < 1.29 is 31.5 Å². The Bertz CT molecular complexity index is 997. The maximum atomic E-state index is 12.8. The summed E-state index contributed by atoms with van der Waals surface area (Å²) >= 11 is 0. The third-order valence-corrected chi connectivity index (χ3v) is 5.54. The number of rotatable bonds is 7. The molecule has 0 bridgehead atoms. The van der Waals surface area contributed by atoms with E-state index in [1.807, 2.05) is 0 Å². The number of nitrogens with one attached hydrogen (secondary N) is 2. The van der Waals surface area contributed by atoms with Gasteiger partial charge in [-0.25, -0.2) is 18.7 Å². The predicted octanol–water partition coefficient (Wildman–Crippen LogP) is 2.60. The number of carbonyl (C=O) groups excluding carboxylic acids is 2. The first-order chi connectivity index (χ1) is 14.5. The molecule has 2 unspecified atom stereocenters. The molecule has 2 aromatic heterocycles. The molecule has 2 fully saturated rings. The van der Waals surface area contributed by atoms with Crippen LogP contribution in [0, 0.1) is 17.8 Å². The van der Waals surface area contributed by atoms with Gasteiger partial charge in [0.25, 0.3) is 0 Å². The van der Waals surface area contributed by atoms with E-state index in [0.29, 0.717) is 17.2 Å². The maximum Gasteiger partial charge on any atom is 0.392 e. The Labute approximate surface area is 173 Å². The molecule has 2 heterocycles. The smallest absolute Gasteiger partial charge is 0.350 e. The van der Waals surface area contributed by atoms with Crippen molar-refractivity contribution >= 4 is 17.6 Å². The highest BCUT2D eigenvalue weighted by Crippen LogP contribution is 2.50. The summed E-state index contributed by atoms with van der Waals surface area (Å²) in [6, 6.07) is 1.65. The van der Waals surface area contributed by atoms with Crippen LogP contribution < -0.4 is 10.6 Å². The lowest BCUT2D eigenvalue weighted by Crippen LogP contribution is -2.38. The Kier molecular flexibility index (Phi) is 5.34. The van der Waals surface area contributed by atoms with Gasteiger partial charge >= 0.3 is 6.18 Å². The number of halogens is 5. The summed E-state index contributed by atoms with van der Waals surface area (Å²) in [5.74, 6) is -6.27. The van der Waals surface area contributed by atoms with Crippen LogP contribution in [0.25, 0.3) is 5.78 Å². The van der Waals surface area contributed by atoms with Crippen LogP contribution in [-0.2, 0) is 22.7 Å². The average Bonchev–Trinajstić information content (AvgIpc) is 3.37. The lowest BCUT2D eigenvalue weighted by atomic mass is 9.79. The molecular weight excluding hydrogens is 425 g/mol. The number of nitrogens with zero attached hydrogens (tertiary/aromatic N) is 3. The molecule has 2 aliphatic carbocycles. The van der Waals surface area contributed by atoms with Crippen LogP contribution in [-0.4, -0.2) is 38.3 Å². The Balaban J connectivity index is 1.26. The Morgan fingerprint density at radius 3 is 2.45 bits per heavy atom. The van der Waals surface area contributed by atoms with Crippen molar-refractivity contribution in [2.45, 2.75) is 50.9 Å². The van der Waals surface area contributed by atoms with E-state index in [0.717, 1.165) is 0 Å². The summed E-state index contributed by atoms with van der Waals surface area (Å²) in [6.07, 6.45) is -1.80. The third-order valence-electron chi connectivity index (χ3n) is 5.54. The molecule has 0 saturated heterocycles. The number of aromatic nitrogens is 3. The van der Waals surface area contributed by atoms with Crippen molar-refractivity contribution in [3.05, 3.63) is 29.8 Å². The summed E-state index contributed by atoms with van der Waals surface area (Å²) in [5, 5.41) is 5.10. The number of alkyl halides is 5. The van der Waals surface area contributed by atoms with Gasteiger partial charge in [-0.2, -0.15) is 13.2 Å². The molecule has 31 heavy (non-hydrogen) atoms. The molecule has 0 aromatic carbocycles. The van der Waals surface area contributed by atoms with E-state index in [4.69, 9.17) is 0 Å². The molecule has 12 heteroatoms. The van der Waals surface area contributed by atoms with Gasteiger partial charge in [0.15, 0.2) is 0 Å². The molecule has 2 N–H and O–H groups in total. The molecule has 2 amide bonds. The molecule has 2 atom stereocenters. The third kappa shape index (κ3) is 5.10. The topological polar surface area (TPSA) is 88.4 Å². The quantitative estimate of drug-likeness (QED) is 0.642. The van der Waals surface area contributed by atoms with Crippen LogP contribution in [0.2, 0.25) is 0 Å². The molecule has 0 radical (unpaired) electrons. The van der Waals surface area contributed by atoms with Crippen molar-refractivity contribution in [3.63, 3.8) is 0 Å². The molecule has 168 valence electrons. The standard InChI is InChI=1S/C19H20F5N5O2/c20-18(21)5-10(6-18)3-15(30)25-7-11-1-2-29-9-12(28-17(29)27-11)8-26-16(31)13-4-14(13)19(22,23)24/h1-2,9-10,13-14H,3-8H2,(H,25,30)(H,26,31).